The van der Waals surface area contributed by atoms with E-state index in [0.717, 1.165) is 18.4 Å². The van der Waals surface area contributed by atoms with Crippen LogP contribution < -0.4 is 5.32 Å². The third kappa shape index (κ3) is 4.68. The third-order valence-corrected chi connectivity index (χ3v) is 2.39. The summed E-state index contributed by atoms with van der Waals surface area (Å²) in [5, 5.41) is 13.0. The lowest BCUT2D eigenvalue weighted by molar-refractivity contribution is 0.0498. The van der Waals surface area contributed by atoms with E-state index in [0.29, 0.717) is 13.1 Å². The van der Waals surface area contributed by atoms with Crippen molar-refractivity contribution in [3.8, 4) is 0 Å². The molecule has 16 heavy (non-hydrogen) atoms. The fraction of sp³-hybridized carbons (Fsp3) is 0.583. The van der Waals surface area contributed by atoms with Crippen LogP contribution in [0.25, 0.3) is 0 Å². The topological polar surface area (TPSA) is 45.1 Å². The molecule has 0 radical (unpaired) electrons. The zero-order chi connectivity index (χ0) is 12.0. The molecule has 1 aromatic heterocycles. The summed E-state index contributed by atoms with van der Waals surface area (Å²) in [6.07, 6.45) is 4.49. The number of hydrogen-bond acceptors (Lipinski definition) is 3. The van der Waals surface area contributed by atoms with Crippen LogP contribution in [0.2, 0.25) is 0 Å². The van der Waals surface area contributed by atoms with Gasteiger partial charge in [-0.3, -0.25) is 4.98 Å². The van der Waals surface area contributed by atoms with Gasteiger partial charge in [-0.2, -0.15) is 0 Å². The number of nitrogens with one attached hydrogen (secondary N) is 1. The van der Waals surface area contributed by atoms with Crippen LogP contribution in [0.5, 0.6) is 0 Å². The summed E-state index contributed by atoms with van der Waals surface area (Å²) in [7, 11) is 0. The zero-order valence-electron chi connectivity index (χ0n) is 9.83. The van der Waals surface area contributed by atoms with E-state index in [1.807, 2.05) is 6.92 Å². The Hall–Kier alpha value is -1.00. The Labute approximate surface area is 95.7 Å². The van der Waals surface area contributed by atoms with E-state index >= 15 is 0 Å². The summed E-state index contributed by atoms with van der Waals surface area (Å²) in [5.41, 5.74) is 0.0856. The Morgan fingerprint density at radius 2 is 2.25 bits per heavy atom. The molecule has 4 heteroatoms. The van der Waals surface area contributed by atoms with Crippen molar-refractivity contribution in [1.82, 2.24) is 10.3 Å². The normalized spacial score (nSPS) is 14.8. The molecule has 3 nitrogen and oxygen atoms in total. The van der Waals surface area contributed by atoms with Crippen LogP contribution in [-0.4, -0.2) is 22.2 Å². The zero-order valence-corrected chi connectivity index (χ0v) is 9.83. The highest BCUT2D eigenvalue weighted by Gasteiger charge is 2.17. The fourth-order valence-electron chi connectivity index (χ4n) is 1.66. The van der Waals surface area contributed by atoms with Crippen LogP contribution in [-0.2, 0) is 6.54 Å². The SMILES string of the molecule is CCCC(C)(O)CNCc1cncc(F)c1. The summed E-state index contributed by atoms with van der Waals surface area (Å²) in [5.74, 6) is -0.334. The minimum absolute atomic E-state index is 0.334. The third-order valence-electron chi connectivity index (χ3n) is 2.39. The molecule has 0 aliphatic rings. The molecule has 1 unspecified atom stereocenters. The standard InChI is InChI=1S/C12H19FN2O/c1-3-4-12(2,16)9-15-7-10-5-11(13)8-14-6-10/h5-6,8,15-16H,3-4,7,9H2,1-2H3. The van der Waals surface area contributed by atoms with Crippen LogP contribution >= 0.6 is 0 Å². The molecule has 0 aromatic carbocycles. The number of aliphatic hydroxyl groups is 1. The molecule has 1 atom stereocenters. The summed E-state index contributed by atoms with van der Waals surface area (Å²) in [6.45, 7) is 4.85. The van der Waals surface area contributed by atoms with Gasteiger partial charge in [-0.1, -0.05) is 13.3 Å². The molecule has 0 saturated heterocycles. The van der Waals surface area contributed by atoms with E-state index in [1.165, 1.54) is 12.3 Å². The summed E-state index contributed by atoms with van der Waals surface area (Å²) >= 11 is 0. The van der Waals surface area contributed by atoms with Crippen molar-refractivity contribution in [1.29, 1.82) is 0 Å². The first kappa shape index (κ1) is 13.1. The first-order valence-corrected chi connectivity index (χ1v) is 5.56. The monoisotopic (exact) mass is 226 g/mol. The van der Waals surface area contributed by atoms with E-state index in [1.54, 1.807) is 13.1 Å². The Morgan fingerprint density at radius 3 is 2.88 bits per heavy atom. The van der Waals surface area contributed by atoms with Gasteiger partial charge in [0.25, 0.3) is 0 Å². The highest BCUT2D eigenvalue weighted by Crippen LogP contribution is 2.10. The van der Waals surface area contributed by atoms with Crippen LogP contribution in [0, 0.1) is 5.82 Å². The van der Waals surface area contributed by atoms with Crippen molar-refractivity contribution in [2.45, 2.75) is 38.8 Å². The number of pyridine rings is 1. The lowest BCUT2D eigenvalue weighted by Crippen LogP contribution is -2.37. The molecule has 0 amide bonds. The molecule has 1 aromatic rings. The maximum Gasteiger partial charge on any atom is 0.141 e. The van der Waals surface area contributed by atoms with Gasteiger partial charge in [0.05, 0.1) is 11.8 Å². The van der Waals surface area contributed by atoms with Gasteiger partial charge in [-0.15, -0.1) is 0 Å². The first-order valence-electron chi connectivity index (χ1n) is 5.56. The molecule has 0 fully saturated rings. The lowest BCUT2D eigenvalue weighted by Gasteiger charge is -2.22. The van der Waals surface area contributed by atoms with Crippen LogP contribution in [0.3, 0.4) is 0 Å². The van der Waals surface area contributed by atoms with E-state index in [9.17, 15) is 9.50 Å². The second-order valence-corrected chi connectivity index (χ2v) is 4.36. The smallest absolute Gasteiger partial charge is 0.141 e. The van der Waals surface area contributed by atoms with Crippen molar-refractivity contribution in [3.05, 3.63) is 29.8 Å². The van der Waals surface area contributed by atoms with Crippen LogP contribution in [0.1, 0.15) is 32.3 Å². The molecular formula is C12H19FN2O. The number of nitrogens with zero attached hydrogens (tertiary/aromatic N) is 1. The molecule has 0 aliphatic heterocycles. The van der Waals surface area contributed by atoms with Gasteiger partial charge >= 0.3 is 0 Å². The average molecular weight is 226 g/mol. The molecule has 0 bridgehead atoms. The minimum atomic E-state index is -0.699. The van der Waals surface area contributed by atoms with E-state index in [4.69, 9.17) is 0 Å². The minimum Gasteiger partial charge on any atom is -0.389 e. The van der Waals surface area contributed by atoms with Crippen LogP contribution in [0.4, 0.5) is 4.39 Å². The average Bonchev–Trinajstić information content (AvgIpc) is 2.17. The fourth-order valence-corrected chi connectivity index (χ4v) is 1.66. The van der Waals surface area contributed by atoms with Gasteiger partial charge in [-0.25, -0.2) is 4.39 Å². The molecule has 1 rings (SSSR count). The number of hydrogen-bond donors (Lipinski definition) is 2. The van der Waals surface area contributed by atoms with Crippen molar-refractivity contribution >= 4 is 0 Å². The molecule has 1 heterocycles. The van der Waals surface area contributed by atoms with E-state index in [-0.39, 0.29) is 5.82 Å². The molecule has 2 N–H and O–H groups in total. The molecule has 90 valence electrons. The van der Waals surface area contributed by atoms with Gasteiger partial charge in [0.2, 0.25) is 0 Å². The van der Waals surface area contributed by atoms with Gasteiger partial charge in [-0.05, 0) is 25.0 Å². The summed E-state index contributed by atoms with van der Waals surface area (Å²) in [4.78, 5) is 3.76. The molecule has 0 saturated carbocycles. The Balaban J connectivity index is 2.35. The van der Waals surface area contributed by atoms with Gasteiger partial charge < -0.3 is 10.4 Å². The van der Waals surface area contributed by atoms with Crippen LogP contribution in [0.15, 0.2) is 18.5 Å². The summed E-state index contributed by atoms with van der Waals surface area (Å²) in [6, 6.07) is 1.44. The number of halogens is 1. The number of aromatic nitrogens is 1. The maximum absolute atomic E-state index is 12.8. The highest BCUT2D eigenvalue weighted by molar-refractivity contribution is 5.09. The quantitative estimate of drug-likeness (QED) is 0.778. The van der Waals surface area contributed by atoms with Crippen molar-refractivity contribution in [3.63, 3.8) is 0 Å². The molecular weight excluding hydrogens is 207 g/mol. The lowest BCUT2D eigenvalue weighted by atomic mass is 10.0. The number of rotatable bonds is 6. The van der Waals surface area contributed by atoms with Gasteiger partial charge in [0.1, 0.15) is 5.82 Å². The van der Waals surface area contributed by atoms with Crippen molar-refractivity contribution < 1.29 is 9.50 Å². The predicted octanol–water partition coefficient (Wildman–Crippen LogP) is 1.86. The van der Waals surface area contributed by atoms with Gasteiger partial charge in [0.15, 0.2) is 0 Å². The molecule has 0 spiro atoms. The second kappa shape index (κ2) is 5.92. The largest absolute Gasteiger partial charge is 0.389 e. The highest BCUT2D eigenvalue weighted by atomic mass is 19.1. The van der Waals surface area contributed by atoms with Crippen molar-refractivity contribution in [2.75, 3.05) is 6.54 Å². The predicted molar refractivity (Wildman–Crippen MR) is 61.4 cm³/mol. The second-order valence-electron chi connectivity index (χ2n) is 4.36. The Kier molecular flexibility index (Phi) is 4.83. The summed E-state index contributed by atoms with van der Waals surface area (Å²) < 4.78 is 12.8. The first-order chi connectivity index (χ1) is 7.53. The molecule has 0 aliphatic carbocycles. The Bertz CT molecular complexity index is 329. The Morgan fingerprint density at radius 1 is 1.50 bits per heavy atom. The van der Waals surface area contributed by atoms with Gasteiger partial charge in [0, 0.05) is 19.3 Å². The maximum atomic E-state index is 12.8. The van der Waals surface area contributed by atoms with E-state index < -0.39 is 5.60 Å². The van der Waals surface area contributed by atoms with E-state index in [2.05, 4.69) is 10.3 Å². The van der Waals surface area contributed by atoms with Crippen molar-refractivity contribution in [2.24, 2.45) is 0 Å².